The first-order chi connectivity index (χ1) is 13.5. The SMILES string of the molecule is Cc1ccc(S(=O)(=O)C[C@@]2(c3ccccc3)CC(c3ccccc3)=NO2)cc1. The van der Waals surface area contributed by atoms with Crippen LogP contribution in [0.4, 0.5) is 0 Å². The van der Waals surface area contributed by atoms with Crippen LogP contribution in [0.15, 0.2) is 95.0 Å². The van der Waals surface area contributed by atoms with Crippen LogP contribution >= 0.6 is 0 Å². The van der Waals surface area contributed by atoms with Crippen LogP contribution in [0.3, 0.4) is 0 Å². The highest BCUT2D eigenvalue weighted by molar-refractivity contribution is 7.91. The molecule has 3 aromatic rings. The predicted molar refractivity (Wildman–Crippen MR) is 110 cm³/mol. The maximum Gasteiger partial charge on any atom is 0.182 e. The van der Waals surface area contributed by atoms with E-state index in [1.807, 2.05) is 79.7 Å². The number of sulfone groups is 1. The monoisotopic (exact) mass is 391 g/mol. The molecule has 142 valence electrons. The number of oxime groups is 1. The van der Waals surface area contributed by atoms with Gasteiger partial charge in [-0.2, -0.15) is 0 Å². The average Bonchev–Trinajstić information content (AvgIpc) is 3.14. The van der Waals surface area contributed by atoms with Gasteiger partial charge in [0.2, 0.25) is 0 Å². The Morgan fingerprint density at radius 3 is 2.14 bits per heavy atom. The Balaban J connectivity index is 1.71. The van der Waals surface area contributed by atoms with Crippen molar-refractivity contribution in [2.24, 2.45) is 5.16 Å². The third kappa shape index (κ3) is 3.58. The van der Waals surface area contributed by atoms with Crippen LogP contribution in [0.1, 0.15) is 23.1 Å². The van der Waals surface area contributed by atoms with E-state index in [4.69, 9.17) is 4.84 Å². The van der Waals surface area contributed by atoms with E-state index in [0.29, 0.717) is 11.3 Å². The third-order valence-electron chi connectivity index (χ3n) is 4.99. The summed E-state index contributed by atoms with van der Waals surface area (Å²) in [6, 6.07) is 26.1. The molecule has 0 spiro atoms. The summed E-state index contributed by atoms with van der Waals surface area (Å²) in [7, 11) is -3.57. The minimum Gasteiger partial charge on any atom is -0.383 e. The molecule has 0 fully saturated rings. The molecule has 0 bridgehead atoms. The van der Waals surface area contributed by atoms with Gasteiger partial charge in [-0.3, -0.25) is 0 Å². The van der Waals surface area contributed by atoms with Crippen molar-refractivity contribution in [3.8, 4) is 0 Å². The highest BCUT2D eigenvalue weighted by Gasteiger charge is 2.45. The van der Waals surface area contributed by atoms with Gasteiger partial charge in [-0.15, -0.1) is 0 Å². The van der Waals surface area contributed by atoms with Gasteiger partial charge < -0.3 is 4.84 Å². The zero-order valence-corrected chi connectivity index (χ0v) is 16.4. The summed E-state index contributed by atoms with van der Waals surface area (Å²) < 4.78 is 26.4. The van der Waals surface area contributed by atoms with Gasteiger partial charge in [-0.1, -0.05) is 83.5 Å². The fourth-order valence-electron chi connectivity index (χ4n) is 3.46. The standard InChI is InChI=1S/C23H21NO3S/c1-18-12-14-21(15-13-18)28(25,26)17-23(20-10-6-3-7-11-20)16-22(24-27-23)19-8-4-2-5-9-19/h2-15H,16-17H2,1H3/t23-/m1/s1. The molecule has 28 heavy (non-hydrogen) atoms. The summed E-state index contributed by atoms with van der Waals surface area (Å²) >= 11 is 0. The second-order valence-corrected chi connectivity index (χ2v) is 9.09. The van der Waals surface area contributed by atoms with Crippen LogP contribution in [-0.2, 0) is 20.3 Å². The topological polar surface area (TPSA) is 55.7 Å². The zero-order chi connectivity index (χ0) is 19.6. The molecule has 0 aliphatic carbocycles. The summed E-state index contributed by atoms with van der Waals surface area (Å²) in [5.41, 5.74) is 2.47. The molecule has 1 aliphatic heterocycles. The summed E-state index contributed by atoms with van der Waals surface area (Å²) in [5, 5.41) is 4.28. The van der Waals surface area contributed by atoms with Crippen LogP contribution in [0, 0.1) is 6.92 Å². The van der Waals surface area contributed by atoms with Crippen molar-refractivity contribution in [3.05, 3.63) is 102 Å². The first-order valence-electron chi connectivity index (χ1n) is 9.14. The van der Waals surface area contributed by atoms with Crippen LogP contribution in [0.2, 0.25) is 0 Å². The maximum absolute atomic E-state index is 13.2. The normalized spacial score (nSPS) is 19.1. The van der Waals surface area contributed by atoms with Gasteiger partial charge in [0, 0.05) is 6.42 Å². The van der Waals surface area contributed by atoms with Gasteiger partial charge in [0.15, 0.2) is 15.4 Å². The summed E-state index contributed by atoms with van der Waals surface area (Å²) in [6.07, 6.45) is 0.395. The van der Waals surface area contributed by atoms with E-state index in [0.717, 1.165) is 22.4 Å². The third-order valence-corrected chi connectivity index (χ3v) is 6.83. The molecule has 0 saturated heterocycles. The minimum absolute atomic E-state index is 0.174. The highest BCUT2D eigenvalue weighted by Crippen LogP contribution is 2.39. The lowest BCUT2D eigenvalue weighted by Crippen LogP contribution is -2.35. The number of aryl methyl sites for hydroxylation is 1. The molecule has 4 nitrogen and oxygen atoms in total. The molecule has 1 heterocycles. The number of rotatable bonds is 5. The molecular formula is C23H21NO3S. The average molecular weight is 391 g/mol. The fraction of sp³-hybridized carbons (Fsp3) is 0.174. The molecule has 0 N–H and O–H groups in total. The van der Waals surface area contributed by atoms with Gasteiger partial charge >= 0.3 is 0 Å². The van der Waals surface area contributed by atoms with E-state index in [2.05, 4.69) is 5.16 Å². The zero-order valence-electron chi connectivity index (χ0n) is 15.6. The first kappa shape index (κ1) is 18.4. The van der Waals surface area contributed by atoms with Crippen molar-refractivity contribution in [2.45, 2.75) is 23.8 Å². The van der Waals surface area contributed by atoms with Crippen LogP contribution in [-0.4, -0.2) is 19.9 Å². The Hall–Kier alpha value is -2.92. The molecule has 5 heteroatoms. The smallest absolute Gasteiger partial charge is 0.182 e. The predicted octanol–water partition coefficient (Wildman–Crippen LogP) is 4.49. The molecule has 0 saturated carbocycles. The minimum atomic E-state index is -3.57. The molecule has 0 radical (unpaired) electrons. The summed E-state index contributed by atoms with van der Waals surface area (Å²) in [5.74, 6) is -0.174. The summed E-state index contributed by atoms with van der Waals surface area (Å²) in [6.45, 7) is 1.93. The lowest BCUT2D eigenvalue weighted by molar-refractivity contribution is -0.00450. The molecule has 1 atom stereocenters. The molecule has 4 rings (SSSR count). The second-order valence-electron chi connectivity index (χ2n) is 7.10. The second kappa shape index (κ2) is 7.24. The lowest BCUT2D eigenvalue weighted by atomic mass is 9.89. The fourth-order valence-corrected chi connectivity index (χ4v) is 5.11. The molecule has 3 aromatic carbocycles. The van der Waals surface area contributed by atoms with Crippen LogP contribution in [0.25, 0.3) is 0 Å². The Kier molecular flexibility index (Phi) is 4.77. The van der Waals surface area contributed by atoms with Crippen molar-refractivity contribution < 1.29 is 13.3 Å². The van der Waals surface area contributed by atoms with Gasteiger partial charge in [-0.05, 0) is 30.2 Å². The van der Waals surface area contributed by atoms with Crippen molar-refractivity contribution >= 4 is 15.5 Å². The largest absolute Gasteiger partial charge is 0.383 e. The van der Waals surface area contributed by atoms with Crippen LogP contribution in [0.5, 0.6) is 0 Å². The number of hydrogen-bond donors (Lipinski definition) is 0. The van der Waals surface area contributed by atoms with Gasteiger partial charge in [-0.25, -0.2) is 8.42 Å². The van der Waals surface area contributed by atoms with E-state index < -0.39 is 15.4 Å². The van der Waals surface area contributed by atoms with E-state index >= 15 is 0 Å². The molecule has 0 aromatic heterocycles. The van der Waals surface area contributed by atoms with Gasteiger partial charge in [0.05, 0.1) is 10.6 Å². The van der Waals surface area contributed by atoms with Crippen molar-refractivity contribution in [2.75, 3.05) is 5.75 Å². The molecular weight excluding hydrogens is 370 g/mol. The van der Waals surface area contributed by atoms with Crippen molar-refractivity contribution in [1.29, 1.82) is 0 Å². The molecule has 0 unspecified atom stereocenters. The Morgan fingerprint density at radius 1 is 0.893 bits per heavy atom. The van der Waals surface area contributed by atoms with E-state index in [9.17, 15) is 8.42 Å². The summed E-state index contributed by atoms with van der Waals surface area (Å²) in [4.78, 5) is 6.18. The van der Waals surface area contributed by atoms with E-state index in [1.165, 1.54) is 0 Å². The van der Waals surface area contributed by atoms with E-state index in [1.54, 1.807) is 12.1 Å². The van der Waals surface area contributed by atoms with Crippen LogP contribution < -0.4 is 0 Å². The molecule has 0 amide bonds. The Morgan fingerprint density at radius 2 is 1.50 bits per heavy atom. The number of hydrogen-bond acceptors (Lipinski definition) is 4. The van der Waals surface area contributed by atoms with E-state index in [-0.39, 0.29) is 5.75 Å². The van der Waals surface area contributed by atoms with Gasteiger partial charge in [0.1, 0.15) is 5.75 Å². The molecule has 1 aliphatic rings. The lowest BCUT2D eigenvalue weighted by Gasteiger charge is -2.27. The first-order valence-corrected chi connectivity index (χ1v) is 10.8. The van der Waals surface area contributed by atoms with Crippen molar-refractivity contribution in [1.82, 2.24) is 0 Å². The Bertz CT molecular complexity index is 1090. The number of nitrogens with zero attached hydrogens (tertiary/aromatic N) is 1. The quantitative estimate of drug-likeness (QED) is 0.644. The highest BCUT2D eigenvalue weighted by atomic mass is 32.2. The Labute approximate surface area is 165 Å². The van der Waals surface area contributed by atoms with Gasteiger partial charge in [0.25, 0.3) is 0 Å². The van der Waals surface area contributed by atoms with Crippen molar-refractivity contribution in [3.63, 3.8) is 0 Å². The number of benzene rings is 3. The maximum atomic E-state index is 13.2.